The quantitative estimate of drug-likeness (QED) is 0.490. The topological polar surface area (TPSA) is 69.6 Å². The Bertz CT molecular complexity index is 1090. The summed E-state index contributed by atoms with van der Waals surface area (Å²) in [5.74, 6) is -0.813. The minimum atomic E-state index is -0.872. The van der Waals surface area contributed by atoms with Crippen LogP contribution in [-0.4, -0.2) is 29.8 Å². The fourth-order valence-corrected chi connectivity index (χ4v) is 4.28. The number of rotatable bonds is 8. The van der Waals surface area contributed by atoms with Gasteiger partial charge >= 0.3 is 12.1 Å². The number of alkyl carbamates (subject to hydrolysis) is 1. The number of hydrogen-bond acceptors (Lipinski definition) is 4. The van der Waals surface area contributed by atoms with Gasteiger partial charge in [0.15, 0.2) is 0 Å². The average molecular weight is 437 g/mol. The molecule has 6 heteroatoms. The number of amides is 1. The fraction of sp³-hybridized carbons (Fsp3) is 0.385. The van der Waals surface area contributed by atoms with E-state index in [1.165, 1.54) is 7.11 Å². The van der Waals surface area contributed by atoms with E-state index >= 15 is 0 Å². The van der Waals surface area contributed by atoms with Gasteiger partial charge < -0.3 is 19.4 Å². The number of carbonyl (C=O) groups excluding carboxylic acids is 2. The van der Waals surface area contributed by atoms with Gasteiger partial charge in [0.05, 0.1) is 7.11 Å². The zero-order valence-electron chi connectivity index (χ0n) is 19.5. The van der Waals surface area contributed by atoms with Crippen molar-refractivity contribution in [2.24, 2.45) is 0 Å². The van der Waals surface area contributed by atoms with Crippen molar-refractivity contribution < 1.29 is 19.1 Å². The molecule has 2 atom stereocenters. The van der Waals surface area contributed by atoms with Crippen LogP contribution in [0.2, 0.25) is 0 Å². The standard InChI is InChI=1S/C26H32N2O4/c1-6-14-28-19(4)23(21-15-17(2)12-13-22(21)28)18(3)24(25(29)31-5)27-26(30)32-16-20-10-8-7-9-11-20/h7-13,15,18,24H,6,14,16H2,1-5H3,(H,27,30)/t18-,24-/m1/s1. The van der Waals surface area contributed by atoms with Crippen LogP contribution in [0.5, 0.6) is 0 Å². The molecule has 1 aromatic heterocycles. The lowest BCUT2D eigenvalue weighted by Crippen LogP contribution is -2.45. The molecule has 0 saturated carbocycles. The molecule has 0 radical (unpaired) electrons. The Kier molecular flexibility index (Phi) is 7.57. The fourth-order valence-electron chi connectivity index (χ4n) is 4.28. The molecule has 1 heterocycles. The SMILES string of the molecule is CCCn1c(C)c([C@@H](C)[C@@H](NC(=O)OCc2ccccc2)C(=O)OC)c2cc(C)ccc21. The van der Waals surface area contributed by atoms with Crippen molar-refractivity contribution in [3.8, 4) is 0 Å². The van der Waals surface area contributed by atoms with Crippen LogP contribution in [0.1, 0.15) is 48.6 Å². The van der Waals surface area contributed by atoms with Gasteiger partial charge in [0.25, 0.3) is 0 Å². The summed E-state index contributed by atoms with van der Waals surface area (Å²) in [6.45, 7) is 9.22. The first-order valence-corrected chi connectivity index (χ1v) is 11.0. The second-order valence-electron chi connectivity index (χ2n) is 8.17. The van der Waals surface area contributed by atoms with Gasteiger partial charge in [0.1, 0.15) is 12.6 Å². The van der Waals surface area contributed by atoms with Crippen molar-refractivity contribution in [3.63, 3.8) is 0 Å². The Hall–Kier alpha value is -3.28. The van der Waals surface area contributed by atoms with Crippen LogP contribution in [0.4, 0.5) is 4.79 Å². The number of ether oxygens (including phenoxy) is 2. The largest absolute Gasteiger partial charge is 0.467 e. The highest BCUT2D eigenvalue weighted by molar-refractivity contribution is 5.89. The number of nitrogens with one attached hydrogen (secondary N) is 1. The molecule has 0 spiro atoms. The van der Waals surface area contributed by atoms with E-state index in [1.807, 2.05) is 37.3 Å². The predicted octanol–water partition coefficient (Wildman–Crippen LogP) is 5.24. The van der Waals surface area contributed by atoms with Gasteiger partial charge in [-0.05, 0) is 43.5 Å². The van der Waals surface area contributed by atoms with E-state index in [2.05, 4.69) is 48.9 Å². The highest BCUT2D eigenvalue weighted by Crippen LogP contribution is 2.34. The molecular weight excluding hydrogens is 404 g/mol. The Morgan fingerprint density at radius 3 is 2.47 bits per heavy atom. The lowest BCUT2D eigenvalue weighted by molar-refractivity contribution is -0.143. The highest BCUT2D eigenvalue weighted by Gasteiger charge is 2.33. The van der Waals surface area contributed by atoms with Crippen LogP contribution in [0.15, 0.2) is 48.5 Å². The molecule has 3 rings (SSSR count). The molecule has 0 bridgehead atoms. The highest BCUT2D eigenvalue weighted by atomic mass is 16.6. The minimum Gasteiger partial charge on any atom is -0.467 e. The maximum absolute atomic E-state index is 12.7. The minimum absolute atomic E-state index is 0.128. The van der Waals surface area contributed by atoms with Crippen LogP contribution in [0, 0.1) is 13.8 Å². The Morgan fingerprint density at radius 2 is 1.81 bits per heavy atom. The number of aromatic nitrogens is 1. The monoisotopic (exact) mass is 436 g/mol. The van der Waals surface area contributed by atoms with Gasteiger partial charge in [-0.15, -0.1) is 0 Å². The second kappa shape index (κ2) is 10.4. The normalized spacial score (nSPS) is 12.9. The summed E-state index contributed by atoms with van der Waals surface area (Å²) in [7, 11) is 1.33. The third kappa shape index (κ3) is 4.96. The first-order valence-electron chi connectivity index (χ1n) is 11.0. The second-order valence-corrected chi connectivity index (χ2v) is 8.17. The lowest BCUT2D eigenvalue weighted by Gasteiger charge is -2.23. The number of carbonyl (C=O) groups is 2. The summed E-state index contributed by atoms with van der Waals surface area (Å²) in [4.78, 5) is 25.2. The van der Waals surface area contributed by atoms with Crippen LogP contribution in [0.25, 0.3) is 10.9 Å². The van der Waals surface area contributed by atoms with E-state index < -0.39 is 18.1 Å². The van der Waals surface area contributed by atoms with Crippen LogP contribution >= 0.6 is 0 Å². The van der Waals surface area contributed by atoms with E-state index in [0.29, 0.717) is 0 Å². The van der Waals surface area contributed by atoms with Crippen molar-refractivity contribution in [1.82, 2.24) is 9.88 Å². The molecule has 1 amide bonds. The average Bonchev–Trinajstić information content (AvgIpc) is 3.06. The summed E-state index contributed by atoms with van der Waals surface area (Å²) in [5, 5.41) is 3.83. The third-order valence-electron chi connectivity index (χ3n) is 5.87. The Labute approximate surface area is 189 Å². The molecule has 2 aromatic carbocycles. The molecular formula is C26H32N2O4. The molecule has 32 heavy (non-hydrogen) atoms. The number of hydrogen-bond donors (Lipinski definition) is 1. The summed E-state index contributed by atoms with van der Waals surface area (Å²) < 4.78 is 12.7. The van der Waals surface area contributed by atoms with Gasteiger partial charge in [-0.2, -0.15) is 0 Å². The van der Waals surface area contributed by atoms with Gasteiger partial charge in [-0.25, -0.2) is 9.59 Å². The Balaban J connectivity index is 1.90. The van der Waals surface area contributed by atoms with Gasteiger partial charge in [-0.3, -0.25) is 0 Å². The van der Waals surface area contributed by atoms with Gasteiger partial charge in [0, 0.05) is 29.1 Å². The van der Waals surface area contributed by atoms with E-state index in [4.69, 9.17) is 9.47 Å². The summed E-state index contributed by atoms with van der Waals surface area (Å²) in [6, 6.07) is 14.9. The molecule has 170 valence electrons. The number of esters is 1. The third-order valence-corrected chi connectivity index (χ3v) is 5.87. The summed E-state index contributed by atoms with van der Waals surface area (Å²) in [5.41, 5.74) is 5.28. The van der Waals surface area contributed by atoms with E-state index in [1.54, 1.807) is 0 Å². The van der Waals surface area contributed by atoms with Crippen molar-refractivity contribution in [2.45, 2.75) is 59.2 Å². The van der Waals surface area contributed by atoms with Crippen molar-refractivity contribution in [2.75, 3.05) is 7.11 Å². The first kappa shape index (κ1) is 23.4. The summed E-state index contributed by atoms with van der Waals surface area (Å²) >= 11 is 0. The molecule has 0 saturated heterocycles. The van der Waals surface area contributed by atoms with Crippen LogP contribution in [-0.2, 0) is 27.4 Å². The molecule has 0 unspecified atom stereocenters. The van der Waals surface area contributed by atoms with Crippen LogP contribution < -0.4 is 5.32 Å². The molecule has 1 N–H and O–H groups in total. The number of aryl methyl sites for hydroxylation is 2. The number of nitrogens with zero attached hydrogens (tertiary/aromatic N) is 1. The maximum atomic E-state index is 12.7. The zero-order valence-corrected chi connectivity index (χ0v) is 19.5. The molecule has 0 aliphatic carbocycles. The Morgan fingerprint density at radius 1 is 1.09 bits per heavy atom. The molecule has 6 nitrogen and oxygen atoms in total. The molecule has 3 aromatic rings. The zero-order chi connectivity index (χ0) is 23.3. The van der Waals surface area contributed by atoms with E-state index in [0.717, 1.165) is 46.3 Å². The van der Waals surface area contributed by atoms with Crippen molar-refractivity contribution in [1.29, 1.82) is 0 Å². The first-order chi connectivity index (χ1) is 15.4. The van der Waals surface area contributed by atoms with Gasteiger partial charge in [-0.1, -0.05) is 55.8 Å². The molecule has 0 aliphatic rings. The maximum Gasteiger partial charge on any atom is 0.408 e. The van der Waals surface area contributed by atoms with Crippen LogP contribution in [0.3, 0.4) is 0 Å². The number of fused-ring (bicyclic) bond motifs is 1. The summed E-state index contributed by atoms with van der Waals surface area (Å²) in [6.07, 6.45) is 0.346. The lowest BCUT2D eigenvalue weighted by atomic mass is 9.90. The van der Waals surface area contributed by atoms with Crippen molar-refractivity contribution in [3.05, 3.63) is 70.9 Å². The van der Waals surface area contributed by atoms with E-state index in [-0.39, 0.29) is 12.5 Å². The van der Waals surface area contributed by atoms with Crippen molar-refractivity contribution >= 4 is 23.0 Å². The van der Waals surface area contributed by atoms with E-state index in [9.17, 15) is 9.59 Å². The molecule has 0 aliphatic heterocycles. The number of benzene rings is 2. The number of methoxy groups -OCH3 is 1. The predicted molar refractivity (Wildman–Crippen MR) is 126 cm³/mol. The smallest absolute Gasteiger partial charge is 0.408 e. The molecule has 0 fully saturated rings. The van der Waals surface area contributed by atoms with Gasteiger partial charge in [0.2, 0.25) is 0 Å².